The minimum atomic E-state index is -0.299. The standard InChI is InChI=1S/C14H18N4O3/c1-9-11-7-10(8-19)13(15-14(11)18(3)16-9)17(2)6-5-12(20)21-4/h7-8H,5-6H2,1-4H3. The van der Waals surface area contributed by atoms with Crippen LogP contribution in [0.3, 0.4) is 0 Å². The smallest absolute Gasteiger partial charge is 0.307 e. The molecule has 0 atom stereocenters. The van der Waals surface area contributed by atoms with Crippen molar-refractivity contribution in [3.63, 3.8) is 0 Å². The molecule has 0 radical (unpaired) electrons. The monoisotopic (exact) mass is 290 g/mol. The van der Waals surface area contributed by atoms with Gasteiger partial charge in [-0.25, -0.2) is 4.98 Å². The summed E-state index contributed by atoms with van der Waals surface area (Å²) in [4.78, 5) is 28.8. The topological polar surface area (TPSA) is 77.3 Å². The zero-order valence-corrected chi connectivity index (χ0v) is 12.6. The van der Waals surface area contributed by atoms with Crippen LogP contribution in [0.15, 0.2) is 6.07 Å². The molecular formula is C14H18N4O3. The number of rotatable bonds is 5. The quantitative estimate of drug-likeness (QED) is 0.606. The first-order chi connectivity index (χ1) is 9.97. The summed E-state index contributed by atoms with van der Waals surface area (Å²) < 4.78 is 6.29. The Balaban J connectivity index is 2.39. The molecule has 112 valence electrons. The summed E-state index contributed by atoms with van der Waals surface area (Å²) in [5, 5.41) is 5.15. The summed E-state index contributed by atoms with van der Waals surface area (Å²) in [6.45, 7) is 2.29. The molecule has 2 heterocycles. The molecule has 0 N–H and O–H groups in total. The van der Waals surface area contributed by atoms with E-state index < -0.39 is 0 Å². The highest BCUT2D eigenvalue weighted by Crippen LogP contribution is 2.23. The Bertz CT molecular complexity index is 693. The minimum Gasteiger partial charge on any atom is -0.469 e. The number of anilines is 1. The molecule has 0 aliphatic carbocycles. The molecule has 0 aliphatic rings. The molecule has 0 saturated carbocycles. The van der Waals surface area contributed by atoms with Crippen molar-refractivity contribution >= 4 is 29.1 Å². The number of hydrogen-bond acceptors (Lipinski definition) is 6. The Labute approximate surface area is 122 Å². The van der Waals surface area contributed by atoms with Crippen LogP contribution >= 0.6 is 0 Å². The number of methoxy groups -OCH3 is 1. The number of ether oxygens (including phenoxy) is 1. The van der Waals surface area contributed by atoms with Crippen molar-refractivity contribution in [3.05, 3.63) is 17.3 Å². The maximum atomic E-state index is 11.3. The number of carbonyl (C=O) groups is 2. The van der Waals surface area contributed by atoms with Crippen molar-refractivity contribution in [2.45, 2.75) is 13.3 Å². The predicted molar refractivity (Wildman–Crippen MR) is 78.5 cm³/mol. The molecule has 7 nitrogen and oxygen atoms in total. The van der Waals surface area contributed by atoms with Gasteiger partial charge in [-0.05, 0) is 13.0 Å². The van der Waals surface area contributed by atoms with Crippen LogP contribution in [-0.2, 0) is 16.6 Å². The number of pyridine rings is 1. The molecule has 0 spiro atoms. The summed E-state index contributed by atoms with van der Waals surface area (Å²) in [5.41, 5.74) is 2.01. The molecule has 21 heavy (non-hydrogen) atoms. The third-order valence-electron chi connectivity index (χ3n) is 3.37. The van der Waals surface area contributed by atoms with Crippen LogP contribution in [0.4, 0.5) is 5.82 Å². The molecule has 0 fully saturated rings. The first-order valence-electron chi connectivity index (χ1n) is 6.55. The van der Waals surface area contributed by atoms with Gasteiger partial charge >= 0.3 is 5.97 Å². The molecule has 0 amide bonds. The molecule has 7 heteroatoms. The van der Waals surface area contributed by atoms with Crippen LogP contribution in [0.2, 0.25) is 0 Å². The van der Waals surface area contributed by atoms with Gasteiger partial charge in [0.1, 0.15) is 5.82 Å². The average molecular weight is 290 g/mol. The first kappa shape index (κ1) is 15.0. The van der Waals surface area contributed by atoms with Crippen LogP contribution in [-0.4, -0.2) is 47.7 Å². The van der Waals surface area contributed by atoms with E-state index in [9.17, 15) is 9.59 Å². The summed E-state index contributed by atoms with van der Waals surface area (Å²) in [6, 6.07) is 1.78. The van der Waals surface area contributed by atoms with E-state index in [1.165, 1.54) is 7.11 Å². The maximum absolute atomic E-state index is 11.3. The fourth-order valence-electron chi connectivity index (χ4n) is 2.21. The molecule has 2 aromatic heterocycles. The van der Waals surface area contributed by atoms with E-state index in [-0.39, 0.29) is 12.4 Å². The van der Waals surface area contributed by atoms with E-state index in [1.54, 1.807) is 29.7 Å². The van der Waals surface area contributed by atoms with E-state index >= 15 is 0 Å². The summed E-state index contributed by atoms with van der Waals surface area (Å²) in [7, 11) is 4.94. The second kappa shape index (κ2) is 5.90. The largest absolute Gasteiger partial charge is 0.469 e. The van der Waals surface area contributed by atoms with Gasteiger partial charge in [0, 0.05) is 26.0 Å². The normalized spacial score (nSPS) is 10.7. The van der Waals surface area contributed by atoms with Gasteiger partial charge in [0.05, 0.1) is 24.8 Å². The lowest BCUT2D eigenvalue weighted by Gasteiger charge is -2.19. The summed E-state index contributed by atoms with van der Waals surface area (Å²) >= 11 is 0. The second-order valence-corrected chi connectivity index (χ2v) is 4.85. The third-order valence-corrected chi connectivity index (χ3v) is 3.37. The lowest BCUT2D eigenvalue weighted by molar-refractivity contribution is -0.140. The number of aryl methyl sites for hydroxylation is 2. The SMILES string of the molecule is COC(=O)CCN(C)c1nc2c(cc1C=O)c(C)nn2C. The number of nitrogens with zero attached hydrogens (tertiary/aromatic N) is 4. The van der Waals surface area contributed by atoms with Gasteiger partial charge in [0.2, 0.25) is 0 Å². The van der Waals surface area contributed by atoms with Crippen LogP contribution in [0.1, 0.15) is 22.5 Å². The highest BCUT2D eigenvalue weighted by atomic mass is 16.5. The zero-order chi connectivity index (χ0) is 15.6. The Morgan fingerprint density at radius 2 is 2.24 bits per heavy atom. The predicted octanol–water partition coefficient (Wildman–Crippen LogP) is 1.09. The van der Waals surface area contributed by atoms with E-state index in [0.717, 1.165) is 17.4 Å². The molecule has 0 unspecified atom stereocenters. The van der Waals surface area contributed by atoms with Crippen molar-refractivity contribution in [3.8, 4) is 0 Å². The fraction of sp³-hybridized carbons (Fsp3) is 0.429. The second-order valence-electron chi connectivity index (χ2n) is 4.85. The summed E-state index contributed by atoms with van der Waals surface area (Å²) in [5.74, 6) is 0.233. The number of esters is 1. The summed E-state index contributed by atoms with van der Waals surface area (Å²) in [6.07, 6.45) is 0.998. The van der Waals surface area contributed by atoms with Gasteiger partial charge < -0.3 is 9.64 Å². The average Bonchev–Trinajstić information content (AvgIpc) is 2.77. The molecule has 0 saturated heterocycles. The van der Waals surface area contributed by atoms with Crippen molar-refractivity contribution in [1.29, 1.82) is 0 Å². The number of aldehydes is 1. The van der Waals surface area contributed by atoms with Crippen molar-refractivity contribution in [2.24, 2.45) is 7.05 Å². The minimum absolute atomic E-state index is 0.232. The lowest BCUT2D eigenvalue weighted by atomic mass is 10.2. The van der Waals surface area contributed by atoms with Crippen LogP contribution < -0.4 is 4.90 Å². The van der Waals surface area contributed by atoms with Crippen LogP contribution in [0.25, 0.3) is 11.0 Å². The third kappa shape index (κ3) is 2.86. The van der Waals surface area contributed by atoms with E-state index in [0.29, 0.717) is 23.6 Å². The molecular weight excluding hydrogens is 272 g/mol. The first-order valence-corrected chi connectivity index (χ1v) is 6.55. The van der Waals surface area contributed by atoms with Gasteiger partial charge in [-0.1, -0.05) is 0 Å². The van der Waals surface area contributed by atoms with Gasteiger partial charge in [-0.3, -0.25) is 14.3 Å². The Kier molecular flexibility index (Phi) is 4.21. The zero-order valence-electron chi connectivity index (χ0n) is 12.6. The fourth-order valence-corrected chi connectivity index (χ4v) is 2.21. The number of carbonyl (C=O) groups excluding carboxylic acids is 2. The number of aromatic nitrogens is 3. The number of hydrogen-bond donors (Lipinski definition) is 0. The Morgan fingerprint density at radius 1 is 1.52 bits per heavy atom. The van der Waals surface area contributed by atoms with Crippen molar-refractivity contribution in [1.82, 2.24) is 14.8 Å². The van der Waals surface area contributed by atoms with Gasteiger partial charge in [0.15, 0.2) is 11.9 Å². The molecule has 0 aliphatic heterocycles. The molecule has 0 aromatic carbocycles. The van der Waals surface area contributed by atoms with Crippen molar-refractivity contribution in [2.75, 3.05) is 25.6 Å². The molecule has 2 aromatic rings. The Hall–Kier alpha value is -2.44. The van der Waals surface area contributed by atoms with Gasteiger partial charge in [0.25, 0.3) is 0 Å². The van der Waals surface area contributed by atoms with Gasteiger partial charge in [-0.2, -0.15) is 5.10 Å². The maximum Gasteiger partial charge on any atom is 0.307 e. The molecule has 0 bridgehead atoms. The van der Waals surface area contributed by atoms with Crippen molar-refractivity contribution < 1.29 is 14.3 Å². The lowest BCUT2D eigenvalue weighted by Crippen LogP contribution is -2.24. The van der Waals surface area contributed by atoms with E-state index in [2.05, 4.69) is 14.8 Å². The highest BCUT2D eigenvalue weighted by Gasteiger charge is 2.15. The molecule has 2 rings (SSSR count). The van der Waals surface area contributed by atoms with Crippen LogP contribution in [0, 0.1) is 6.92 Å². The van der Waals surface area contributed by atoms with Gasteiger partial charge in [-0.15, -0.1) is 0 Å². The Morgan fingerprint density at radius 3 is 2.86 bits per heavy atom. The van der Waals surface area contributed by atoms with E-state index in [1.807, 2.05) is 6.92 Å². The van der Waals surface area contributed by atoms with Crippen LogP contribution in [0.5, 0.6) is 0 Å². The highest BCUT2D eigenvalue weighted by molar-refractivity contribution is 5.91. The van der Waals surface area contributed by atoms with E-state index in [4.69, 9.17) is 0 Å². The number of fused-ring (bicyclic) bond motifs is 1.